The van der Waals surface area contributed by atoms with Crippen LogP contribution in [0.15, 0.2) is 18.2 Å². The molecular weight excluding hydrogens is 228 g/mol. The zero-order valence-electron chi connectivity index (χ0n) is 11.5. The van der Waals surface area contributed by atoms with Gasteiger partial charge in [0.1, 0.15) is 12.4 Å². The van der Waals surface area contributed by atoms with Gasteiger partial charge < -0.3 is 9.47 Å². The molecule has 18 heavy (non-hydrogen) atoms. The Labute approximate surface area is 109 Å². The third-order valence-electron chi connectivity index (χ3n) is 2.64. The molecule has 0 radical (unpaired) electrons. The molecule has 0 heterocycles. The first-order valence-electron chi connectivity index (χ1n) is 6.47. The van der Waals surface area contributed by atoms with Crippen LogP contribution in [0.2, 0.25) is 0 Å². The number of ketones is 1. The summed E-state index contributed by atoms with van der Waals surface area (Å²) in [5, 5.41) is 0. The molecule has 3 nitrogen and oxygen atoms in total. The number of benzene rings is 1. The van der Waals surface area contributed by atoms with Gasteiger partial charge in [-0.1, -0.05) is 25.0 Å². The van der Waals surface area contributed by atoms with E-state index in [2.05, 4.69) is 6.92 Å². The number of rotatable bonds is 8. The van der Waals surface area contributed by atoms with Gasteiger partial charge in [0.15, 0.2) is 5.78 Å². The average Bonchev–Trinajstić information content (AvgIpc) is 2.35. The molecule has 0 aliphatic rings. The molecule has 1 rings (SSSR count). The second-order valence-corrected chi connectivity index (χ2v) is 4.37. The first-order chi connectivity index (χ1) is 8.65. The van der Waals surface area contributed by atoms with Crippen molar-refractivity contribution in [1.82, 2.24) is 0 Å². The molecule has 3 heteroatoms. The molecule has 100 valence electrons. The van der Waals surface area contributed by atoms with E-state index in [1.165, 1.54) is 0 Å². The fraction of sp³-hybridized carbons (Fsp3) is 0.533. The van der Waals surface area contributed by atoms with E-state index in [-0.39, 0.29) is 5.78 Å². The highest BCUT2D eigenvalue weighted by molar-refractivity contribution is 5.97. The van der Waals surface area contributed by atoms with Crippen LogP contribution in [0.5, 0.6) is 5.75 Å². The zero-order valence-corrected chi connectivity index (χ0v) is 11.5. The number of unbranched alkanes of at least 4 members (excludes halogenated alkanes) is 1. The second kappa shape index (κ2) is 7.88. The van der Waals surface area contributed by atoms with E-state index in [0.29, 0.717) is 24.5 Å². The predicted molar refractivity (Wildman–Crippen MR) is 72.4 cm³/mol. The van der Waals surface area contributed by atoms with Gasteiger partial charge in [-0.2, -0.15) is 0 Å². The normalized spacial score (nSPS) is 10.4. The maximum absolute atomic E-state index is 11.5. The van der Waals surface area contributed by atoms with Crippen LogP contribution in [0.1, 0.15) is 42.6 Å². The van der Waals surface area contributed by atoms with E-state index in [4.69, 9.17) is 9.47 Å². The highest BCUT2D eigenvalue weighted by Gasteiger charge is 2.08. The smallest absolute Gasteiger partial charge is 0.163 e. The molecule has 0 amide bonds. The Kier molecular flexibility index (Phi) is 6.44. The molecule has 0 saturated heterocycles. The van der Waals surface area contributed by atoms with Gasteiger partial charge in [-0.15, -0.1) is 0 Å². The van der Waals surface area contributed by atoms with Crippen molar-refractivity contribution in [3.8, 4) is 5.75 Å². The maximum Gasteiger partial charge on any atom is 0.163 e. The van der Waals surface area contributed by atoms with Gasteiger partial charge in [-0.3, -0.25) is 4.79 Å². The fourth-order valence-electron chi connectivity index (χ4n) is 1.60. The first kappa shape index (κ1) is 14.7. The summed E-state index contributed by atoms with van der Waals surface area (Å²) in [5.41, 5.74) is 1.70. The fourth-order valence-corrected chi connectivity index (χ4v) is 1.60. The Balaban J connectivity index is 2.44. The molecule has 0 N–H and O–H groups in total. The molecule has 0 aliphatic carbocycles. The minimum Gasteiger partial charge on any atom is -0.490 e. The summed E-state index contributed by atoms with van der Waals surface area (Å²) in [6, 6.07) is 5.65. The van der Waals surface area contributed by atoms with Crippen molar-refractivity contribution >= 4 is 5.78 Å². The molecule has 0 aliphatic heterocycles. The molecule has 0 saturated carbocycles. The standard InChI is InChI=1S/C15H22O3/c1-4-5-8-17-9-10-18-15-7-6-12(2)11-14(15)13(3)16/h6-7,11H,4-5,8-10H2,1-3H3. The van der Waals surface area contributed by atoms with Gasteiger partial charge >= 0.3 is 0 Å². The van der Waals surface area contributed by atoms with Crippen LogP contribution < -0.4 is 4.74 Å². The lowest BCUT2D eigenvalue weighted by Gasteiger charge is -2.10. The summed E-state index contributed by atoms with van der Waals surface area (Å²) in [6.07, 6.45) is 2.20. The van der Waals surface area contributed by atoms with Crippen LogP contribution in [0.4, 0.5) is 0 Å². The minimum absolute atomic E-state index is 0.0283. The SMILES string of the molecule is CCCCOCCOc1ccc(C)cc1C(C)=O. The molecule has 0 atom stereocenters. The lowest BCUT2D eigenvalue weighted by molar-refractivity contribution is 0.0948. The molecule has 0 spiro atoms. The van der Waals surface area contributed by atoms with Gasteiger partial charge in [0.05, 0.1) is 12.2 Å². The number of ether oxygens (including phenoxy) is 2. The van der Waals surface area contributed by atoms with Crippen LogP contribution in [0, 0.1) is 6.92 Å². The van der Waals surface area contributed by atoms with Crippen LogP contribution in [0.3, 0.4) is 0 Å². The van der Waals surface area contributed by atoms with Crippen molar-refractivity contribution in [3.63, 3.8) is 0 Å². The van der Waals surface area contributed by atoms with Crippen molar-refractivity contribution in [2.75, 3.05) is 19.8 Å². The van der Waals surface area contributed by atoms with Crippen molar-refractivity contribution in [3.05, 3.63) is 29.3 Å². The number of hydrogen-bond acceptors (Lipinski definition) is 3. The number of carbonyl (C=O) groups excluding carboxylic acids is 1. The van der Waals surface area contributed by atoms with Gasteiger partial charge in [0.2, 0.25) is 0 Å². The summed E-state index contributed by atoms with van der Waals surface area (Å²) >= 11 is 0. The topological polar surface area (TPSA) is 35.5 Å². The average molecular weight is 250 g/mol. The van der Waals surface area contributed by atoms with Crippen molar-refractivity contribution in [2.45, 2.75) is 33.6 Å². The Morgan fingerprint density at radius 3 is 2.67 bits per heavy atom. The quantitative estimate of drug-likeness (QED) is 0.524. The molecule has 0 unspecified atom stereocenters. The van der Waals surface area contributed by atoms with Crippen LogP contribution in [-0.4, -0.2) is 25.6 Å². The van der Waals surface area contributed by atoms with Crippen molar-refractivity contribution in [1.29, 1.82) is 0 Å². The largest absolute Gasteiger partial charge is 0.490 e. The predicted octanol–water partition coefficient (Wildman–Crippen LogP) is 3.39. The highest BCUT2D eigenvalue weighted by Crippen LogP contribution is 2.20. The van der Waals surface area contributed by atoms with Gasteiger partial charge in [0.25, 0.3) is 0 Å². The Bertz CT molecular complexity index is 385. The molecule has 1 aromatic rings. The van der Waals surface area contributed by atoms with E-state index in [1.807, 2.05) is 25.1 Å². The Hall–Kier alpha value is -1.35. The summed E-state index contributed by atoms with van der Waals surface area (Å²) < 4.78 is 11.0. The van der Waals surface area contributed by atoms with E-state index >= 15 is 0 Å². The zero-order chi connectivity index (χ0) is 13.4. The summed E-state index contributed by atoms with van der Waals surface area (Å²) in [4.78, 5) is 11.5. The van der Waals surface area contributed by atoms with Crippen LogP contribution in [0.25, 0.3) is 0 Å². The molecule has 1 aromatic carbocycles. The monoisotopic (exact) mass is 250 g/mol. The molecule has 0 fully saturated rings. The van der Waals surface area contributed by atoms with Gasteiger partial charge in [-0.25, -0.2) is 0 Å². The van der Waals surface area contributed by atoms with E-state index in [1.54, 1.807) is 6.92 Å². The maximum atomic E-state index is 11.5. The van der Waals surface area contributed by atoms with Gasteiger partial charge in [0, 0.05) is 6.61 Å². The third-order valence-corrected chi connectivity index (χ3v) is 2.64. The number of carbonyl (C=O) groups is 1. The van der Waals surface area contributed by atoms with Gasteiger partial charge in [-0.05, 0) is 32.4 Å². The first-order valence-corrected chi connectivity index (χ1v) is 6.47. The van der Waals surface area contributed by atoms with E-state index in [9.17, 15) is 4.79 Å². The number of Topliss-reactive ketones (excluding diaryl/α,β-unsaturated/α-hetero) is 1. The van der Waals surface area contributed by atoms with Crippen molar-refractivity contribution in [2.24, 2.45) is 0 Å². The number of aryl methyl sites for hydroxylation is 1. The molecule has 0 aromatic heterocycles. The molecular formula is C15H22O3. The summed E-state index contributed by atoms with van der Waals surface area (Å²) in [5.74, 6) is 0.674. The van der Waals surface area contributed by atoms with Crippen molar-refractivity contribution < 1.29 is 14.3 Å². The third kappa shape index (κ3) is 4.88. The van der Waals surface area contributed by atoms with Crippen LogP contribution >= 0.6 is 0 Å². The minimum atomic E-state index is 0.0283. The summed E-state index contributed by atoms with van der Waals surface area (Å²) in [6.45, 7) is 7.46. The second-order valence-electron chi connectivity index (χ2n) is 4.37. The lowest BCUT2D eigenvalue weighted by atomic mass is 10.1. The van der Waals surface area contributed by atoms with E-state index < -0.39 is 0 Å². The number of hydrogen-bond donors (Lipinski definition) is 0. The summed E-state index contributed by atoms with van der Waals surface area (Å²) in [7, 11) is 0. The Morgan fingerprint density at radius 1 is 1.22 bits per heavy atom. The highest BCUT2D eigenvalue weighted by atomic mass is 16.5. The van der Waals surface area contributed by atoms with Crippen LogP contribution in [-0.2, 0) is 4.74 Å². The van der Waals surface area contributed by atoms with E-state index in [0.717, 1.165) is 25.0 Å². The molecule has 0 bridgehead atoms. The Morgan fingerprint density at radius 2 is 2.00 bits per heavy atom. The lowest BCUT2D eigenvalue weighted by Crippen LogP contribution is -2.09.